The molecule has 0 aliphatic heterocycles. The van der Waals surface area contributed by atoms with Crippen molar-refractivity contribution in [3.8, 4) is 0 Å². The number of nitrogens with one attached hydrogen (secondary N) is 2. The van der Waals surface area contributed by atoms with E-state index in [0.717, 1.165) is 44.9 Å². The maximum absolute atomic E-state index is 12.0. The van der Waals surface area contributed by atoms with Crippen molar-refractivity contribution in [3.05, 3.63) is 0 Å². The van der Waals surface area contributed by atoms with E-state index in [4.69, 9.17) is 10.2 Å². The number of carbonyl (C=O) groups is 4. The lowest BCUT2D eigenvalue weighted by Crippen LogP contribution is -2.41. The van der Waals surface area contributed by atoms with Crippen molar-refractivity contribution < 1.29 is 34.5 Å². The van der Waals surface area contributed by atoms with Crippen LogP contribution in [0.1, 0.15) is 116 Å². The molecule has 0 heterocycles. The van der Waals surface area contributed by atoms with Gasteiger partial charge in [-0.1, -0.05) is 77.0 Å². The Morgan fingerprint density at radius 3 is 1.44 bits per heavy atom. The van der Waals surface area contributed by atoms with E-state index in [0.29, 0.717) is 0 Å². The van der Waals surface area contributed by atoms with Gasteiger partial charge in [0.1, 0.15) is 6.04 Å². The minimum atomic E-state index is -1.15. The fraction of sp³-hybridized carbons (Fsp3) is 0.840. The summed E-state index contributed by atoms with van der Waals surface area (Å²) in [6, 6.07) is -1.08. The van der Waals surface area contributed by atoms with Gasteiger partial charge in [-0.2, -0.15) is 0 Å². The third-order valence-corrected chi connectivity index (χ3v) is 5.77. The number of aliphatic hydroxyl groups excluding tert-OH is 1. The Hall–Kier alpha value is -2.16. The van der Waals surface area contributed by atoms with Gasteiger partial charge in [-0.3, -0.25) is 14.4 Å². The monoisotopic (exact) mass is 486 g/mol. The van der Waals surface area contributed by atoms with Crippen LogP contribution in [0.2, 0.25) is 0 Å². The minimum absolute atomic E-state index is 0.0190. The van der Waals surface area contributed by atoms with Gasteiger partial charge in [0.05, 0.1) is 6.61 Å². The van der Waals surface area contributed by atoms with Crippen molar-refractivity contribution >= 4 is 23.8 Å². The Kier molecular flexibility index (Phi) is 21.2. The molecule has 5 N–H and O–H groups in total. The van der Waals surface area contributed by atoms with Crippen molar-refractivity contribution in [3.63, 3.8) is 0 Å². The van der Waals surface area contributed by atoms with Gasteiger partial charge in [-0.15, -0.1) is 0 Å². The Morgan fingerprint density at radius 2 is 1.03 bits per heavy atom. The molecule has 9 heteroatoms. The molecular formula is C25H46N2O7. The van der Waals surface area contributed by atoms with Crippen LogP contribution in [0, 0.1) is 0 Å². The van der Waals surface area contributed by atoms with E-state index in [1.165, 1.54) is 44.9 Å². The first-order valence-corrected chi connectivity index (χ1v) is 13.0. The summed E-state index contributed by atoms with van der Waals surface area (Å²) in [5, 5.41) is 31.4. The molecule has 0 fully saturated rings. The highest BCUT2D eigenvalue weighted by atomic mass is 16.4. The summed E-state index contributed by atoms with van der Waals surface area (Å²) in [5.74, 6) is -2.51. The third-order valence-electron chi connectivity index (χ3n) is 5.77. The van der Waals surface area contributed by atoms with Crippen molar-refractivity contribution in [2.24, 2.45) is 0 Å². The molecule has 34 heavy (non-hydrogen) atoms. The van der Waals surface area contributed by atoms with Crippen LogP contribution in [0.15, 0.2) is 0 Å². The molecule has 2 amide bonds. The second kappa shape index (κ2) is 22.6. The molecule has 0 saturated heterocycles. The summed E-state index contributed by atoms with van der Waals surface area (Å²) in [6.45, 7) is -0.0491. The minimum Gasteiger partial charge on any atom is -0.481 e. The molecule has 0 aromatic carbocycles. The van der Waals surface area contributed by atoms with E-state index in [9.17, 15) is 24.3 Å². The number of amides is 2. The Morgan fingerprint density at radius 1 is 0.588 bits per heavy atom. The van der Waals surface area contributed by atoms with Gasteiger partial charge < -0.3 is 26.0 Å². The smallest absolute Gasteiger partial charge is 0.326 e. The fourth-order valence-electron chi connectivity index (χ4n) is 3.77. The predicted octanol–water partition coefficient (Wildman–Crippen LogP) is 3.77. The first-order valence-electron chi connectivity index (χ1n) is 13.0. The molecule has 0 radical (unpaired) electrons. The Bertz CT molecular complexity index is 569. The second-order valence-electron chi connectivity index (χ2n) is 8.91. The summed E-state index contributed by atoms with van der Waals surface area (Å²) < 4.78 is 0. The standard InChI is InChI=1S/C25H46N2O7/c28-20-19-26-22(29)18-17-21(25(33)34)27-23(30)15-13-11-9-7-5-3-1-2-4-6-8-10-12-14-16-24(31)32/h21,28H,1-20H2,(H,26,29)(H,27,30)(H,31,32)(H,33,34). The number of carboxylic acid groups (broad SMARTS) is 2. The fourth-order valence-corrected chi connectivity index (χ4v) is 3.77. The van der Waals surface area contributed by atoms with Crippen LogP contribution in [-0.2, 0) is 19.2 Å². The molecule has 0 aliphatic carbocycles. The van der Waals surface area contributed by atoms with Crippen molar-refractivity contribution in [1.82, 2.24) is 10.6 Å². The van der Waals surface area contributed by atoms with E-state index >= 15 is 0 Å². The van der Waals surface area contributed by atoms with Gasteiger partial charge in [0, 0.05) is 25.8 Å². The van der Waals surface area contributed by atoms with Crippen LogP contribution < -0.4 is 10.6 Å². The highest BCUT2D eigenvalue weighted by molar-refractivity contribution is 5.84. The zero-order valence-electron chi connectivity index (χ0n) is 20.7. The number of aliphatic carboxylic acids is 2. The van der Waals surface area contributed by atoms with Crippen molar-refractivity contribution in [2.75, 3.05) is 13.2 Å². The van der Waals surface area contributed by atoms with Crippen LogP contribution in [0.5, 0.6) is 0 Å². The third kappa shape index (κ3) is 21.7. The number of hydrogen-bond donors (Lipinski definition) is 5. The quantitative estimate of drug-likeness (QED) is 0.130. The zero-order chi connectivity index (χ0) is 25.4. The molecular weight excluding hydrogens is 440 g/mol. The van der Waals surface area contributed by atoms with Gasteiger partial charge in [0.25, 0.3) is 0 Å². The van der Waals surface area contributed by atoms with Crippen LogP contribution >= 0.6 is 0 Å². The Balaban J connectivity index is 3.55. The number of rotatable bonds is 24. The van der Waals surface area contributed by atoms with E-state index in [1.807, 2.05) is 0 Å². The molecule has 0 bridgehead atoms. The average molecular weight is 487 g/mol. The lowest BCUT2D eigenvalue weighted by atomic mass is 10.0. The first-order chi connectivity index (χ1) is 16.4. The molecule has 198 valence electrons. The lowest BCUT2D eigenvalue weighted by molar-refractivity contribution is -0.142. The summed E-state index contributed by atoms with van der Waals surface area (Å²) in [6.07, 6.45) is 16.0. The van der Waals surface area contributed by atoms with E-state index in [-0.39, 0.29) is 50.6 Å². The van der Waals surface area contributed by atoms with Gasteiger partial charge in [0.15, 0.2) is 0 Å². The van der Waals surface area contributed by atoms with Crippen LogP contribution in [0.3, 0.4) is 0 Å². The van der Waals surface area contributed by atoms with Gasteiger partial charge in [-0.25, -0.2) is 4.79 Å². The van der Waals surface area contributed by atoms with E-state index in [1.54, 1.807) is 0 Å². The largest absolute Gasteiger partial charge is 0.481 e. The van der Waals surface area contributed by atoms with Gasteiger partial charge in [0.2, 0.25) is 11.8 Å². The van der Waals surface area contributed by atoms with Crippen molar-refractivity contribution in [1.29, 1.82) is 0 Å². The molecule has 0 rings (SSSR count). The number of carbonyl (C=O) groups excluding carboxylic acids is 2. The molecule has 0 aromatic heterocycles. The average Bonchev–Trinajstić information content (AvgIpc) is 2.79. The zero-order valence-corrected chi connectivity index (χ0v) is 20.7. The lowest BCUT2D eigenvalue weighted by Gasteiger charge is -2.14. The van der Waals surface area contributed by atoms with Crippen LogP contribution in [0.25, 0.3) is 0 Å². The highest BCUT2D eigenvalue weighted by Crippen LogP contribution is 2.14. The number of hydrogen-bond acceptors (Lipinski definition) is 5. The molecule has 1 unspecified atom stereocenters. The molecule has 1 atom stereocenters. The maximum atomic E-state index is 12.0. The summed E-state index contributed by atoms with van der Waals surface area (Å²) >= 11 is 0. The molecule has 0 saturated carbocycles. The summed E-state index contributed by atoms with van der Waals surface area (Å²) in [7, 11) is 0. The highest BCUT2D eigenvalue weighted by Gasteiger charge is 2.20. The predicted molar refractivity (Wildman–Crippen MR) is 130 cm³/mol. The molecule has 0 aromatic rings. The number of aliphatic hydroxyl groups is 1. The Labute approximate surface area is 204 Å². The number of carboxylic acids is 2. The topological polar surface area (TPSA) is 153 Å². The van der Waals surface area contributed by atoms with E-state index < -0.39 is 18.0 Å². The summed E-state index contributed by atoms with van der Waals surface area (Å²) in [5.41, 5.74) is 0. The molecule has 0 aliphatic rings. The van der Waals surface area contributed by atoms with Gasteiger partial charge in [-0.05, 0) is 19.3 Å². The maximum Gasteiger partial charge on any atom is 0.326 e. The summed E-state index contributed by atoms with van der Waals surface area (Å²) in [4.78, 5) is 45.2. The number of unbranched alkanes of at least 4 members (excludes halogenated alkanes) is 13. The van der Waals surface area contributed by atoms with Crippen LogP contribution in [0.4, 0.5) is 0 Å². The van der Waals surface area contributed by atoms with E-state index in [2.05, 4.69) is 10.6 Å². The van der Waals surface area contributed by atoms with Gasteiger partial charge >= 0.3 is 11.9 Å². The normalized spacial score (nSPS) is 11.7. The molecule has 9 nitrogen and oxygen atoms in total. The molecule has 0 spiro atoms. The SMILES string of the molecule is O=C(O)CCCCCCCCCCCCCCCCC(=O)NC(CCC(=O)NCCO)C(=O)O. The van der Waals surface area contributed by atoms with Crippen LogP contribution in [-0.4, -0.2) is 58.3 Å². The van der Waals surface area contributed by atoms with Crippen molar-refractivity contribution in [2.45, 2.75) is 122 Å². The first kappa shape index (κ1) is 31.8. The second-order valence-corrected chi connectivity index (χ2v) is 8.91.